The summed E-state index contributed by atoms with van der Waals surface area (Å²) >= 11 is 0. The first-order valence-electron chi connectivity index (χ1n) is 29.9. The molecule has 0 spiro atoms. The molecular weight excluding hydrogens is 1050 g/mol. The molecule has 0 bridgehead atoms. The number of hydrogen-bond donors (Lipinski definition) is 0. The van der Waals surface area contributed by atoms with E-state index in [1.165, 1.54) is 89.0 Å². The van der Waals surface area contributed by atoms with Crippen LogP contribution in [0.15, 0.2) is 350 Å². The van der Waals surface area contributed by atoms with Gasteiger partial charge in [-0.15, -0.1) is 0 Å². The first-order chi connectivity index (χ1) is 43.1. The molecule has 1 aromatic heterocycles. The largest absolute Gasteiger partial charge is 0.455 e. The predicted octanol–water partition coefficient (Wildman–Crippen LogP) is 23.1. The van der Waals surface area contributed by atoms with Crippen LogP contribution in [0.4, 0.5) is 17.1 Å². The van der Waals surface area contributed by atoms with Gasteiger partial charge < -0.3 is 9.32 Å². The number of hydrogen-bond acceptors (Lipinski definition) is 2. The van der Waals surface area contributed by atoms with Crippen molar-refractivity contribution in [1.82, 2.24) is 0 Å². The monoisotopic (exact) mass is 1110 g/mol. The molecule has 0 fully saturated rings. The van der Waals surface area contributed by atoms with Gasteiger partial charge in [-0.05, 0) is 166 Å². The number of nitrogens with zero attached hydrogens (tertiary/aromatic N) is 1. The number of para-hydroxylation sites is 2. The molecule has 0 saturated carbocycles. The molecule has 16 rings (SSSR count). The van der Waals surface area contributed by atoms with Gasteiger partial charge in [-0.3, -0.25) is 0 Å². The van der Waals surface area contributed by atoms with Crippen molar-refractivity contribution in [2.75, 3.05) is 4.90 Å². The molecule has 2 heteroatoms. The van der Waals surface area contributed by atoms with Gasteiger partial charge in [0.25, 0.3) is 0 Å². The second kappa shape index (κ2) is 21.7. The molecule has 15 aromatic rings. The Balaban J connectivity index is 0.794. The summed E-state index contributed by atoms with van der Waals surface area (Å²) in [6.07, 6.45) is 0. The molecular formula is C85H57NO. The third-order valence-electron chi connectivity index (χ3n) is 17.8. The van der Waals surface area contributed by atoms with Crippen molar-refractivity contribution in [3.8, 4) is 89.0 Å². The van der Waals surface area contributed by atoms with Gasteiger partial charge in [-0.25, -0.2) is 0 Å². The lowest BCUT2D eigenvalue weighted by molar-refractivity contribution is 0.670. The molecule has 0 atom stereocenters. The minimum absolute atomic E-state index is 0.624. The summed E-state index contributed by atoms with van der Waals surface area (Å²) < 4.78 is 6.41. The van der Waals surface area contributed by atoms with E-state index < -0.39 is 5.41 Å². The highest BCUT2D eigenvalue weighted by molar-refractivity contribution is 6.09. The van der Waals surface area contributed by atoms with Gasteiger partial charge in [-0.1, -0.05) is 285 Å². The van der Waals surface area contributed by atoms with Crippen molar-refractivity contribution in [3.05, 3.63) is 368 Å². The van der Waals surface area contributed by atoms with Crippen LogP contribution in [0.2, 0.25) is 0 Å². The lowest BCUT2D eigenvalue weighted by Crippen LogP contribution is -2.28. The summed E-state index contributed by atoms with van der Waals surface area (Å²) in [6.45, 7) is 0. The molecule has 0 amide bonds. The first-order valence-corrected chi connectivity index (χ1v) is 29.9. The van der Waals surface area contributed by atoms with Crippen LogP contribution in [0.3, 0.4) is 0 Å². The zero-order chi connectivity index (χ0) is 57.7. The predicted molar refractivity (Wildman–Crippen MR) is 364 cm³/mol. The average Bonchev–Trinajstić information content (AvgIpc) is 1.57. The molecule has 0 unspecified atom stereocenters. The normalized spacial score (nSPS) is 12.2. The van der Waals surface area contributed by atoms with Crippen molar-refractivity contribution in [2.24, 2.45) is 0 Å². The van der Waals surface area contributed by atoms with Gasteiger partial charge in [0.2, 0.25) is 0 Å². The van der Waals surface area contributed by atoms with Crippen LogP contribution in [0, 0.1) is 0 Å². The Labute approximate surface area is 507 Å². The van der Waals surface area contributed by atoms with Gasteiger partial charge in [0.05, 0.1) is 5.41 Å². The van der Waals surface area contributed by atoms with E-state index in [2.05, 4.69) is 339 Å². The van der Waals surface area contributed by atoms with E-state index >= 15 is 0 Å². The maximum atomic E-state index is 6.41. The Bertz CT molecular complexity index is 4810. The Hall–Kier alpha value is -11.3. The zero-order valence-electron chi connectivity index (χ0n) is 47.8. The molecule has 14 aromatic carbocycles. The highest BCUT2D eigenvalue weighted by Crippen LogP contribution is 2.58. The Morgan fingerprint density at radius 1 is 0.218 bits per heavy atom. The second-order valence-electron chi connectivity index (χ2n) is 22.7. The van der Waals surface area contributed by atoms with E-state index in [9.17, 15) is 0 Å². The van der Waals surface area contributed by atoms with Crippen molar-refractivity contribution in [3.63, 3.8) is 0 Å². The van der Waals surface area contributed by atoms with E-state index in [-0.39, 0.29) is 0 Å². The van der Waals surface area contributed by atoms with Crippen molar-refractivity contribution in [2.45, 2.75) is 5.41 Å². The maximum absolute atomic E-state index is 6.41. The Morgan fingerprint density at radius 2 is 0.598 bits per heavy atom. The molecule has 1 aliphatic carbocycles. The molecule has 408 valence electrons. The topological polar surface area (TPSA) is 16.4 Å². The number of rotatable bonds is 12. The fourth-order valence-electron chi connectivity index (χ4n) is 13.5. The third-order valence-corrected chi connectivity index (χ3v) is 17.8. The van der Waals surface area contributed by atoms with E-state index in [1.54, 1.807) is 0 Å². The molecule has 0 aliphatic heterocycles. The summed E-state index contributed by atoms with van der Waals surface area (Å²) in [4.78, 5) is 2.43. The smallest absolute Gasteiger partial charge is 0.143 e. The third kappa shape index (κ3) is 9.15. The fourth-order valence-corrected chi connectivity index (χ4v) is 13.5. The standard InChI is InChI=1S/C85H57NO/c1-5-18-58(19-6-1)66-22-15-24-68(54-66)63-42-47-73(48-43-63)86(74-49-44-64(45-50-74)69-25-16-23-67(55-69)59-20-7-2-8-21-59)75-51-52-77-80-56-70(46-53-81(80)85(82(77)57-75,71-26-9-3-10-27-71)72-28-11-4-12-29-72)62-36-34-60(35-37-62)61-38-40-65(41-39-61)76-31-17-32-79-78-30-13-14-33-83(78)87-84(76)79/h1-57H. The molecule has 1 heterocycles. The van der Waals surface area contributed by atoms with Crippen LogP contribution in [0.5, 0.6) is 0 Å². The van der Waals surface area contributed by atoms with Crippen LogP contribution in [0.25, 0.3) is 111 Å². The van der Waals surface area contributed by atoms with E-state index in [0.717, 1.165) is 61.3 Å². The number of anilines is 3. The summed E-state index contributed by atoms with van der Waals surface area (Å²) in [5.41, 5.74) is 28.2. The summed E-state index contributed by atoms with van der Waals surface area (Å²) in [7, 11) is 0. The SMILES string of the molecule is c1ccc(-c2cccc(-c3ccc(N(c4ccc(-c5cccc(-c6ccccc6)c5)cc4)c4ccc5c(c4)C(c4ccccc4)(c4ccccc4)c4ccc(-c6ccc(-c7ccc(-c8cccc9c8oc8ccccc89)cc7)cc6)cc4-5)cc3)c2)cc1. The lowest BCUT2D eigenvalue weighted by Gasteiger charge is -2.35. The van der Waals surface area contributed by atoms with Gasteiger partial charge in [0.1, 0.15) is 11.2 Å². The highest BCUT2D eigenvalue weighted by Gasteiger charge is 2.46. The molecule has 0 N–H and O–H groups in total. The van der Waals surface area contributed by atoms with Crippen LogP contribution in [-0.4, -0.2) is 0 Å². The minimum atomic E-state index is -0.624. The quantitative estimate of drug-likeness (QED) is 0.121. The van der Waals surface area contributed by atoms with Crippen LogP contribution < -0.4 is 4.90 Å². The van der Waals surface area contributed by atoms with Crippen LogP contribution >= 0.6 is 0 Å². The number of furan rings is 1. The average molecular weight is 1110 g/mol. The molecule has 2 nitrogen and oxygen atoms in total. The van der Waals surface area contributed by atoms with Crippen molar-refractivity contribution in [1.29, 1.82) is 0 Å². The van der Waals surface area contributed by atoms with Gasteiger partial charge in [0.15, 0.2) is 0 Å². The van der Waals surface area contributed by atoms with Crippen molar-refractivity contribution < 1.29 is 4.42 Å². The lowest BCUT2D eigenvalue weighted by atomic mass is 9.67. The summed E-state index contributed by atoms with van der Waals surface area (Å²) in [5, 5.41) is 2.28. The summed E-state index contributed by atoms with van der Waals surface area (Å²) in [6, 6.07) is 126. The molecule has 0 radical (unpaired) electrons. The Morgan fingerprint density at radius 3 is 1.13 bits per heavy atom. The van der Waals surface area contributed by atoms with Gasteiger partial charge >= 0.3 is 0 Å². The maximum Gasteiger partial charge on any atom is 0.143 e. The minimum Gasteiger partial charge on any atom is -0.455 e. The van der Waals surface area contributed by atoms with Gasteiger partial charge in [-0.2, -0.15) is 0 Å². The van der Waals surface area contributed by atoms with E-state index in [0.29, 0.717) is 0 Å². The van der Waals surface area contributed by atoms with Crippen molar-refractivity contribution >= 4 is 39.0 Å². The fraction of sp³-hybridized carbons (Fsp3) is 0.0118. The van der Waals surface area contributed by atoms with Crippen LogP contribution in [-0.2, 0) is 5.41 Å². The first kappa shape index (κ1) is 51.3. The number of fused-ring (bicyclic) bond motifs is 6. The second-order valence-corrected chi connectivity index (χ2v) is 22.7. The van der Waals surface area contributed by atoms with E-state index in [4.69, 9.17) is 4.42 Å². The van der Waals surface area contributed by atoms with E-state index in [1.807, 2.05) is 12.1 Å². The molecule has 0 saturated heterocycles. The molecule has 1 aliphatic rings. The highest BCUT2D eigenvalue weighted by atomic mass is 16.3. The molecule has 87 heavy (non-hydrogen) atoms. The van der Waals surface area contributed by atoms with Crippen LogP contribution in [0.1, 0.15) is 22.3 Å². The zero-order valence-corrected chi connectivity index (χ0v) is 47.8. The van der Waals surface area contributed by atoms with Gasteiger partial charge in [0, 0.05) is 33.4 Å². The summed E-state index contributed by atoms with van der Waals surface area (Å²) in [5.74, 6) is 0. The number of benzene rings is 14. The Kier molecular flexibility index (Phi) is 12.8.